The van der Waals surface area contributed by atoms with Crippen molar-refractivity contribution in [3.8, 4) is 10.6 Å². The highest BCUT2D eigenvalue weighted by Gasteiger charge is 2.21. The predicted molar refractivity (Wildman–Crippen MR) is 102 cm³/mol. The number of nitrogens with zero attached hydrogens (tertiary/aromatic N) is 3. The van der Waals surface area contributed by atoms with Gasteiger partial charge in [-0.1, -0.05) is 42.5 Å². The fraction of sp³-hybridized carbons (Fsp3) is 0.150. The number of fused-ring (bicyclic) bond motifs is 1. The highest BCUT2D eigenvalue weighted by Crippen LogP contribution is 2.29. The number of alkyl halides is 2. The van der Waals surface area contributed by atoms with Gasteiger partial charge >= 0.3 is 12.5 Å². The summed E-state index contributed by atoms with van der Waals surface area (Å²) < 4.78 is 33.0. The van der Waals surface area contributed by atoms with E-state index in [0.29, 0.717) is 26.6 Å². The smallest absolute Gasteiger partial charge is 0.350 e. The fourth-order valence-corrected chi connectivity index (χ4v) is 3.87. The summed E-state index contributed by atoms with van der Waals surface area (Å²) in [6.07, 6.45) is 0. The maximum atomic E-state index is 13.5. The molecule has 2 aromatic heterocycles. The Bertz CT molecular complexity index is 1140. The monoisotopic (exact) mass is 399 g/mol. The van der Waals surface area contributed by atoms with Crippen molar-refractivity contribution < 1.29 is 18.3 Å². The first-order chi connectivity index (χ1) is 13.5. The van der Waals surface area contributed by atoms with Crippen molar-refractivity contribution in [3.63, 3.8) is 0 Å². The van der Waals surface area contributed by atoms with E-state index >= 15 is 0 Å². The average Bonchev–Trinajstić information content (AvgIpc) is 3.27. The largest absolute Gasteiger partial charge is 0.453 e. The molecule has 28 heavy (non-hydrogen) atoms. The van der Waals surface area contributed by atoms with E-state index in [9.17, 15) is 13.6 Å². The van der Waals surface area contributed by atoms with Gasteiger partial charge in [-0.25, -0.2) is 14.8 Å². The van der Waals surface area contributed by atoms with Crippen molar-refractivity contribution in [3.05, 3.63) is 71.0 Å². The van der Waals surface area contributed by atoms with E-state index in [1.165, 1.54) is 11.3 Å². The van der Waals surface area contributed by atoms with E-state index in [-0.39, 0.29) is 12.4 Å². The molecule has 0 spiro atoms. The van der Waals surface area contributed by atoms with Crippen LogP contribution in [0, 0.1) is 6.92 Å². The minimum absolute atomic E-state index is 0.00463. The number of aryl methyl sites for hydroxylation is 1. The van der Waals surface area contributed by atoms with Gasteiger partial charge in [-0.3, -0.25) is 4.57 Å². The van der Waals surface area contributed by atoms with Crippen LogP contribution in [0.3, 0.4) is 0 Å². The third kappa shape index (κ3) is 3.38. The molecule has 0 atom stereocenters. The standard InChI is InChI=1S/C20H15F2N3O2S/c1-12-17(28-18(23-12)13-7-3-2-4-8-13)19(26)27-11-16-24-14-9-5-6-10-15(14)25(16)20(21)22/h2-10,20H,11H2,1H3. The average molecular weight is 399 g/mol. The first-order valence-corrected chi connectivity index (χ1v) is 9.30. The Morgan fingerprint density at radius 1 is 1.11 bits per heavy atom. The summed E-state index contributed by atoms with van der Waals surface area (Å²) in [5.41, 5.74) is 2.16. The van der Waals surface area contributed by atoms with E-state index < -0.39 is 12.5 Å². The molecule has 0 saturated carbocycles. The third-order valence-corrected chi connectivity index (χ3v) is 5.39. The van der Waals surface area contributed by atoms with Crippen molar-refractivity contribution >= 4 is 28.3 Å². The number of carbonyl (C=O) groups excluding carboxylic acids is 1. The molecule has 0 aliphatic rings. The van der Waals surface area contributed by atoms with Gasteiger partial charge in [-0.2, -0.15) is 8.78 Å². The molecule has 0 unspecified atom stereocenters. The molecule has 0 aliphatic heterocycles. The van der Waals surface area contributed by atoms with Crippen LogP contribution in [0.2, 0.25) is 0 Å². The Balaban J connectivity index is 1.56. The van der Waals surface area contributed by atoms with Crippen molar-refractivity contribution in [2.75, 3.05) is 0 Å². The number of rotatable bonds is 5. The van der Waals surface area contributed by atoms with Crippen LogP contribution in [0.25, 0.3) is 21.6 Å². The van der Waals surface area contributed by atoms with Gasteiger partial charge in [0, 0.05) is 5.56 Å². The molecular formula is C20H15F2N3O2S. The van der Waals surface area contributed by atoms with Crippen LogP contribution < -0.4 is 0 Å². The number of halogens is 2. The van der Waals surface area contributed by atoms with Gasteiger partial charge < -0.3 is 4.74 Å². The van der Waals surface area contributed by atoms with Crippen molar-refractivity contribution in [1.29, 1.82) is 0 Å². The van der Waals surface area contributed by atoms with E-state index in [2.05, 4.69) is 9.97 Å². The lowest BCUT2D eigenvalue weighted by molar-refractivity contribution is 0.0391. The first-order valence-electron chi connectivity index (χ1n) is 8.48. The predicted octanol–water partition coefficient (Wildman–Crippen LogP) is 5.22. The number of hydrogen-bond acceptors (Lipinski definition) is 5. The lowest BCUT2D eigenvalue weighted by Crippen LogP contribution is -2.10. The number of carbonyl (C=O) groups is 1. The number of aromatic nitrogens is 3. The van der Waals surface area contributed by atoms with Gasteiger partial charge in [-0.15, -0.1) is 11.3 Å². The highest BCUT2D eigenvalue weighted by molar-refractivity contribution is 7.17. The summed E-state index contributed by atoms with van der Waals surface area (Å²) in [4.78, 5) is 21.4. The third-order valence-electron chi connectivity index (χ3n) is 4.20. The van der Waals surface area contributed by atoms with Gasteiger partial charge in [0.1, 0.15) is 16.5 Å². The topological polar surface area (TPSA) is 57.0 Å². The van der Waals surface area contributed by atoms with E-state index in [4.69, 9.17) is 4.74 Å². The molecule has 142 valence electrons. The molecule has 0 N–H and O–H groups in total. The van der Waals surface area contributed by atoms with Gasteiger partial charge in [0.2, 0.25) is 0 Å². The second-order valence-electron chi connectivity index (χ2n) is 6.04. The highest BCUT2D eigenvalue weighted by atomic mass is 32.1. The van der Waals surface area contributed by atoms with Gasteiger partial charge in [0.25, 0.3) is 0 Å². The van der Waals surface area contributed by atoms with Gasteiger partial charge in [-0.05, 0) is 19.1 Å². The maximum absolute atomic E-state index is 13.5. The van der Waals surface area contributed by atoms with Crippen LogP contribution >= 0.6 is 11.3 Å². The maximum Gasteiger partial charge on any atom is 0.350 e. The minimum Gasteiger partial charge on any atom is -0.453 e. The molecule has 0 fully saturated rings. The summed E-state index contributed by atoms with van der Waals surface area (Å²) in [5.74, 6) is -0.611. The SMILES string of the molecule is Cc1nc(-c2ccccc2)sc1C(=O)OCc1nc2ccccc2n1C(F)F. The molecular weight excluding hydrogens is 384 g/mol. The zero-order valence-corrected chi connectivity index (χ0v) is 15.6. The Morgan fingerprint density at radius 3 is 2.57 bits per heavy atom. The van der Waals surface area contributed by atoms with E-state index in [1.807, 2.05) is 30.3 Å². The number of esters is 1. The number of hydrogen-bond donors (Lipinski definition) is 0. The summed E-state index contributed by atoms with van der Waals surface area (Å²) in [7, 11) is 0. The zero-order valence-electron chi connectivity index (χ0n) is 14.8. The second kappa shape index (κ2) is 7.47. The van der Waals surface area contributed by atoms with Crippen LogP contribution in [0.5, 0.6) is 0 Å². The zero-order chi connectivity index (χ0) is 19.7. The van der Waals surface area contributed by atoms with Gasteiger partial charge in [0.15, 0.2) is 5.82 Å². The molecule has 2 aromatic carbocycles. The molecule has 4 aromatic rings. The molecule has 0 amide bonds. The minimum atomic E-state index is -2.78. The van der Waals surface area contributed by atoms with Crippen molar-refractivity contribution in [1.82, 2.24) is 14.5 Å². The summed E-state index contributed by atoms with van der Waals surface area (Å²) in [5, 5.41) is 0.699. The molecule has 8 heteroatoms. The number of para-hydroxylation sites is 2. The Hall–Kier alpha value is -3.13. The van der Waals surface area contributed by atoms with Crippen molar-refractivity contribution in [2.24, 2.45) is 0 Å². The molecule has 0 bridgehead atoms. The normalized spacial score (nSPS) is 11.3. The lowest BCUT2D eigenvalue weighted by Gasteiger charge is -2.08. The first kappa shape index (κ1) is 18.2. The Morgan fingerprint density at radius 2 is 1.82 bits per heavy atom. The van der Waals surface area contributed by atoms with E-state index in [1.54, 1.807) is 31.2 Å². The van der Waals surface area contributed by atoms with Crippen LogP contribution in [-0.2, 0) is 11.3 Å². The molecule has 5 nitrogen and oxygen atoms in total. The number of imidazole rings is 1. The van der Waals surface area contributed by atoms with Crippen LogP contribution in [0.4, 0.5) is 8.78 Å². The van der Waals surface area contributed by atoms with Gasteiger partial charge in [0.05, 0.1) is 16.7 Å². The molecule has 0 radical (unpaired) electrons. The number of thiazole rings is 1. The second-order valence-corrected chi connectivity index (χ2v) is 7.04. The van der Waals surface area contributed by atoms with E-state index in [0.717, 1.165) is 10.1 Å². The van der Waals surface area contributed by atoms with Crippen LogP contribution in [-0.4, -0.2) is 20.5 Å². The number of ether oxygens (including phenoxy) is 1. The van der Waals surface area contributed by atoms with Crippen molar-refractivity contribution in [2.45, 2.75) is 20.1 Å². The quantitative estimate of drug-likeness (QED) is 0.432. The summed E-state index contributed by atoms with van der Waals surface area (Å²) in [6, 6.07) is 16.0. The van der Waals surface area contributed by atoms with Crippen LogP contribution in [0.15, 0.2) is 54.6 Å². The molecule has 2 heterocycles. The van der Waals surface area contributed by atoms with Crippen LogP contribution in [0.1, 0.15) is 27.7 Å². The fourth-order valence-electron chi connectivity index (χ4n) is 2.90. The Kier molecular flexibility index (Phi) is 4.87. The molecule has 4 rings (SSSR count). The summed E-state index contributed by atoms with van der Waals surface area (Å²) in [6.45, 7) is -1.42. The lowest BCUT2D eigenvalue weighted by atomic mass is 10.2. The Labute approximate surface area is 163 Å². The number of benzene rings is 2. The molecule has 0 saturated heterocycles. The molecule has 0 aliphatic carbocycles. The summed E-state index contributed by atoms with van der Waals surface area (Å²) >= 11 is 1.21.